The van der Waals surface area contributed by atoms with Gasteiger partial charge in [0.15, 0.2) is 0 Å². The fourth-order valence-corrected chi connectivity index (χ4v) is 2.37. The Morgan fingerprint density at radius 3 is 2.50 bits per heavy atom. The molecule has 0 saturated carbocycles. The third-order valence-corrected chi connectivity index (χ3v) is 3.30. The standard InChI is InChI=1S/C14H16N2/c1-4-8-16(9-5-1)14-10-12-6-2-3-7-13(12)11-15-14/h2-3,6-7,10-11H,1,4-5,8-9H2. The van der Waals surface area contributed by atoms with Gasteiger partial charge in [-0.1, -0.05) is 24.3 Å². The Hall–Kier alpha value is -1.57. The number of piperidine rings is 1. The van der Waals surface area contributed by atoms with Crippen LogP contribution in [0.5, 0.6) is 0 Å². The molecule has 1 aromatic heterocycles. The number of rotatable bonds is 1. The molecule has 0 radical (unpaired) electrons. The largest absolute Gasteiger partial charge is 0.357 e. The molecule has 0 bridgehead atoms. The Balaban J connectivity index is 1.97. The van der Waals surface area contributed by atoms with E-state index >= 15 is 0 Å². The van der Waals surface area contributed by atoms with Gasteiger partial charge in [0, 0.05) is 24.7 Å². The van der Waals surface area contributed by atoms with Gasteiger partial charge in [-0.2, -0.15) is 0 Å². The van der Waals surface area contributed by atoms with Crippen LogP contribution in [0.15, 0.2) is 36.5 Å². The molecule has 3 rings (SSSR count). The summed E-state index contributed by atoms with van der Waals surface area (Å²) in [5, 5.41) is 2.52. The molecular formula is C14H16N2. The lowest BCUT2D eigenvalue weighted by molar-refractivity contribution is 0.574. The van der Waals surface area contributed by atoms with Crippen LogP contribution in [0.1, 0.15) is 19.3 Å². The predicted octanol–water partition coefficient (Wildman–Crippen LogP) is 3.23. The molecule has 0 N–H and O–H groups in total. The van der Waals surface area contributed by atoms with Gasteiger partial charge in [-0.05, 0) is 30.7 Å². The monoisotopic (exact) mass is 212 g/mol. The number of pyridine rings is 1. The highest BCUT2D eigenvalue weighted by Crippen LogP contribution is 2.21. The first-order valence-electron chi connectivity index (χ1n) is 6.03. The second kappa shape index (κ2) is 4.12. The Morgan fingerprint density at radius 1 is 0.938 bits per heavy atom. The molecule has 16 heavy (non-hydrogen) atoms. The van der Waals surface area contributed by atoms with E-state index in [4.69, 9.17) is 0 Å². The van der Waals surface area contributed by atoms with Gasteiger partial charge in [0.25, 0.3) is 0 Å². The van der Waals surface area contributed by atoms with Crippen molar-refractivity contribution in [1.29, 1.82) is 0 Å². The van der Waals surface area contributed by atoms with E-state index in [0.717, 1.165) is 18.9 Å². The second-order valence-electron chi connectivity index (χ2n) is 4.44. The van der Waals surface area contributed by atoms with Gasteiger partial charge in [-0.3, -0.25) is 0 Å². The first-order chi connectivity index (χ1) is 7.93. The maximum Gasteiger partial charge on any atom is 0.129 e. The summed E-state index contributed by atoms with van der Waals surface area (Å²) in [4.78, 5) is 6.96. The summed E-state index contributed by atoms with van der Waals surface area (Å²) in [6.45, 7) is 2.32. The van der Waals surface area contributed by atoms with Crippen LogP contribution in [0.3, 0.4) is 0 Å². The summed E-state index contributed by atoms with van der Waals surface area (Å²) in [6.07, 6.45) is 5.95. The molecule has 1 aliphatic heterocycles. The van der Waals surface area contributed by atoms with E-state index in [1.807, 2.05) is 6.20 Å². The second-order valence-corrected chi connectivity index (χ2v) is 4.44. The highest BCUT2D eigenvalue weighted by molar-refractivity contribution is 5.83. The van der Waals surface area contributed by atoms with Crippen molar-refractivity contribution in [3.05, 3.63) is 36.5 Å². The SMILES string of the molecule is c1ccc2cc(N3CCCCC3)ncc2c1. The van der Waals surface area contributed by atoms with Gasteiger partial charge in [-0.15, -0.1) is 0 Å². The molecule has 1 fully saturated rings. The minimum absolute atomic E-state index is 1.14. The number of fused-ring (bicyclic) bond motifs is 1. The van der Waals surface area contributed by atoms with Crippen molar-refractivity contribution in [2.75, 3.05) is 18.0 Å². The zero-order valence-electron chi connectivity index (χ0n) is 9.39. The average molecular weight is 212 g/mol. The average Bonchev–Trinajstić information content (AvgIpc) is 2.39. The van der Waals surface area contributed by atoms with Gasteiger partial charge in [0.1, 0.15) is 5.82 Å². The summed E-state index contributed by atoms with van der Waals surface area (Å²) in [5.74, 6) is 1.14. The Labute approximate surface area is 95.9 Å². The lowest BCUT2D eigenvalue weighted by Crippen LogP contribution is -2.29. The molecule has 0 spiro atoms. The fourth-order valence-electron chi connectivity index (χ4n) is 2.37. The quantitative estimate of drug-likeness (QED) is 0.721. The normalized spacial score (nSPS) is 16.6. The van der Waals surface area contributed by atoms with Crippen molar-refractivity contribution in [1.82, 2.24) is 4.98 Å². The molecule has 0 unspecified atom stereocenters. The highest BCUT2D eigenvalue weighted by Gasteiger charge is 2.11. The van der Waals surface area contributed by atoms with Gasteiger partial charge in [0.05, 0.1) is 0 Å². The number of benzene rings is 1. The van der Waals surface area contributed by atoms with E-state index in [0.29, 0.717) is 0 Å². The van der Waals surface area contributed by atoms with Crippen LogP contribution >= 0.6 is 0 Å². The predicted molar refractivity (Wildman–Crippen MR) is 67.8 cm³/mol. The van der Waals surface area contributed by atoms with E-state index in [1.54, 1.807) is 0 Å². The van der Waals surface area contributed by atoms with Crippen LogP contribution in [0.25, 0.3) is 10.8 Å². The van der Waals surface area contributed by atoms with Gasteiger partial charge < -0.3 is 4.90 Å². The van der Waals surface area contributed by atoms with Crippen LogP contribution in [-0.2, 0) is 0 Å². The lowest BCUT2D eigenvalue weighted by Gasteiger charge is -2.27. The minimum Gasteiger partial charge on any atom is -0.357 e. The number of nitrogens with zero attached hydrogens (tertiary/aromatic N) is 2. The number of aromatic nitrogens is 1. The number of anilines is 1. The lowest BCUT2D eigenvalue weighted by atomic mass is 10.1. The van der Waals surface area contributed by atoms with E-state index in [1.165, 1.54) is 30.0 Å². The topological polar surface area (TPSA) is 16.1 Å². The summed E-state index contributed by atoms with van der Waals surface area (Å²) >= 11 is 0. The van der Waals surface area contributed by atoms with E-state index in [2.05, 4.69) is 40.2 Å². The van der Waals surface area contributed by atoms with Gasteiger partial charge >= 0.3 is 0 Å². The molecule has 0 aliphatic carbocycles. The van der Waals surface area contributed by atoms with Crippen molar-refractivity contribution in [3.63, 3.8) is 0 Å². The molecule has 1 saturated heterocycles. The van der Waals surface area contributed by atoms with Gasteiger partial charge in [-0.25, -0.2) is 4.98 Å². The van der Waals surface area contributed by atoms with E-state index in [-0.39, 0.29) is 0 Å². The smallest absolute Gasteiger partial charge is 0.129 e. The summed E-state index contributed by atoms with van der Waals surface area (Å²) in [7, 11) is 0. The molecule has 2 heteroatoms. The Morgan fingerprint density at radius 2 is 1.69 bits per heavy atom. The molecule has 2 nitrogen and oxygen atoms in total. The zero-order chi connectivity index (χ0) is 10.8. The maximum atomic E-state index is 4.56. The van der Waals surface area contributed by atoms with Crippen molar-refractivity contribution in [2.24, 2.45) is 0 Å². The molecular weight excluding hydrogens is 196 g/mol. The maximum absolute atomic E-state index is 4.56. The third kappa shape index (κ3) is 1.75. The first kappa shape index (κ1) is 9.64. The summed E-state index contributed by atoms with van der Waals surface area (Å²) < 4.78 is 0. The third-order valence-electron chi connectivity index (χ3n) is 3.30. The fraction of sp³-hybridized carbons (Fsp3) is 0.357. The molecule has 1 aliphatic rings. The van der Waals surface area contributed by atoms with Crippen LogP contribution in [-0.4, -0.2) is 18.1 Å². The van der Waals surface area contributed by atoms with Gasteiger partial charge in [0.2, 0.25) is 0 Å². The van der Waals surface area contributed by atoms with Crippen molar-refractivity contribution in [2.45, 2.75) is 19.3 Å². The summed E-state index contributed by atoms with van der Waals surface area (Å²) in [6, 6.07) is 10.6. The molecule has 82 valence electrons. The Bertz CT molecular complexity index is 487. The number of hydrogen-bond donors (Lipinski definition) is 0. The van der Waals surface area contributed by atoms with Crippen molar-refractivity contribution < 1.29 is 0 Å². The molecule has 0 atom stereocenters. The van der Waals surface area contributed by atoms with Crippen molar-refractivity contribution in [3.8, 4) is 0 Å². The van der Waals surface area contributed by atoms with Crippen molar-refractivity contribution >= 4 is 16.6 Å². The van der Waals surface area contributed by atoms with Crippen LogP contribution in [0.4, 0.5) is 5.82 Å². The zero-order valence-corrected chi connectivity index (χ0v) is 9.39. The summed E-state index contributed by atoms with van der Waals surface area (Å²) in [5.41, 5.74) is 0. The molecule has 0 amide bonds. The minimum atomic E-state index is 1.14. The molecule has 1 aromatic carbocycles. The number of hydrogen-bond acceptors (Lipinski definition) is 2. The molecule has 2 heterocycles. The Kier molecular flexibility index (Phi) is 2.49. The highest BCUT2D eigenvalue weighted by atomic mass is 15.2. The van der Waals surface area contributed by atoms with Crippen LogP contribution in [0.2, 0.25) is 0 Å². The van der Waals surface area contributed by atoms with E-state index < -0.39 is 0 Å². The van der Waals surface area contributed by atoms with Crippen LogP contribution < -0.4 is 4.90 Å². The first-order valence-corrected chi connectivity index (χ1v) is 6.03. The van der Waals surface area contributed by atoms with E-state index in [9.17, 15) is 0 Å². The van der Waals surface area contributed by atoms with Crippen LogP contribution in [0, 0.1) is 0 Å². The molecule has 2 aromatic rings.